The Bertz CT molecular complexity index is 2540. The second kappa shape index (κ2) is 34.1. The molecule has 554 valence electrons. The average Bonchev–Trinajstić information content (AvgIpc) is 0.761. The predicted octanol–water partition coefficient (Wildman–Crippen LogP) is -16.5. The Hall–Kier alpha value is -3.97. The van der Waals surface area contributed by atoms with Crippen molar-refractivity contribution in [2.45, 2.75) is 254 Å². The number of nitrogens with one attached hydrogen (secondary N) is 4. The summed E-state index contributed by atoms with van der Waals surface area (Å²) in [6.45, 7) is -3.73. The molecule has 43 heteroatoms. The number of carboxylic acid groups (broad SMARTS) is 1. The fraction of sp³-hybridized carbons (Fsp3) is 0.906. The highest BCUT2D eigenvalue weighted by atomic mass is 16.8. The monoisotopic (exact) mass is 1400 g/mol. The highest BCUT2D eigenvalue weighted by molar-refractivity contribution is 5.77. The second-order valence-corrected chi connectivity index (χ2v) is 24.0. The average molecular weight is 1410 g/mol. The van der Waals surface area contributed by atoms with Crippen LogP contribution in [0.3, 0.4) is 0 Å². The van der Waals surface area contributed by atoms with Gasteiger partial charge < -0.3 is 190 Å². The smallest absolute Gasteiger partial charge is 0.364 e. The summed E-state index contributed by atoms with van der Waals surface area (Å²) in [5.41, 5.74) is 0. The minimum Gasteiger partial charge on any atom is -0.477 e. The molecule has 7 aliphatic heterocycles. The highest BCUT2D eigenvalue weighted by Gasteiger charge is 2.62. The first-order valence-corrected chi connectivity index (χ1v) is 30.2. The fourth-order valence-electron chi connectivity index (χ4n) is 12.2. The molecule has 0 saturated carbocycles. The van der Waals surface area contributed by atoms with Gasteiger partial charge in [0.1, 0.15) is 165 Å². The largest absolute Gasteiger partial charge is 0.477 e. The molecule has 96 heavy (non-hydrogen) atoms. The third-order valence-corrected chi connectivity index (χ3v) is 17.1. The van der Waals surface area contributed by atoms with Gasteiger partial charge in [-0.05, 0) is 0 Å². The van der Waals surface area contributed by atoms with Gasteiger partial charge in [0.15, 0.2) is 37.7 Å². The Morgan fingerprint density at radius 2 is 0.833 bits per heavy atom. The summed E-state index contributed by atoms with van der Waals surface area (Å²) in [7, 11) is 0. The van der Waals surface area contributed by atoms with Crippen molar-refractivity contribution >= 4 is 29.6 Å². The molecule has 36 atom stereocenters. The van der Waals surface area contributed by atoms with E-state index in [0.717, 1.165) is 27.7 Å². The second-order valence-electron chi connectivity index (χ2n) is 24.0. The normalized spacial score (nSPS) is 46.0. The Morgan fingerprint density at radius 1 is 0.427 bits per heavy atom. The van der Waals surface area contributed by atoms with Gasteiger partial charge in [-0.25, -0.2) is 4.79 Å². The zero-order valence-corrected chi connectivity index (χ0v) is 51.6. The summed E-state index contributed by atoms with van der Waals surface area (Å²) in [5, 5.41) is 238. The van der Waals surface area contributed by atoms with E-state index in [1.807, 2.05) is 0 Å². The van der Waals surface area contributed by atoms with Crippen molar-refractivity contribution in [3.63, 3.8) is 0 Å². The van der Waals surface area contributed by atoms with Crippen molar-refractivity contribution in [3.8, 4) is 0 Å². The number of hydrogen-bond donors (Lipinski definition) is 25. The van der Waals surface area contributed by atoms with Gasteiger partial charge in [-0.1, -0.05) is 0 Å². The van der Waals surface area contributed by atoms with Crippen molar-refractivity contribution < 1.29 is 193 Å². The number of aliphatic hydroxyl groups is 20. The van der Waals surface area contributed by atoms with Gasteiger partial charge in [0.05, 0.1) is 58.4 Å². The van der Waals surface area contributed by atoms with Gasteiger partial charge in [0.25, 0.3) is 5.79 Å². The molecule has 1 unspecified atom stereocenters. The van der Waals surface area contributed by atoms with E-state index in [1.165, 1.54) is 0 Å². The van der Waals surface area contributed by atoms with Crippen LogP contribution in [-0.4, -0.2) is 403 Å². The molecule has 0 bridgehead atoms. The van der Waals surface area contributed by atoms with Crippen molar-refractivity contribution in [2.24, 2.45) is 0 Å². The minimum atomic E-state index is -3.31. The number of aliphatic hydroxyl groups excluding tert-OH is 20. The number of rotatable bonds is 26. The quantitative estimate of drug-likeness (QED) is 0.0382. The molecule has 7 saturated heterocycles. The van der Waals surface area contributed by atoms with Gasteiger partial charge in [0.2, 0.25) is 23.6 Å². The molecule has 7 fully saturated rings. The van der Waals surface area contributed by atoms with Crippen LogP contribution >= 0.6 is 0 Å². The Morgan fingerprint density at radius 3 is 1.36 bits per heavy atom. The highest BCUT2D eigenvalue weighted by Crippen LogP contribution is 2.40. The summed E-state index contributed by atoms with van der Waals surface area (Å²) in [4.78, 5) is 64.1. The van der Waals surface area contributed by atoms with E-state index < -0.39 is 303 Å². The SMILES string of the molecule is CC(=O)N[C@H]1[C@H](OC[C@H]2O[C@H](O[C@H]3[C@@H](O)[C@@H](CO)OC(O)[C@@H]3NC(C)=O)[C@H](NC(C)=O)[C@@H](O[C@@H]3O[C@H](CO)[C@H](O)[C@H](O[C@]4(C(=O)O)C[C@H](O)[C@@H](NC(C)=O)[C@H]([C@H](O)[C@H](O)CO)O4)[C@H]3O)[C@H]2O)O[C@H](CO)[C@@H](O[C@@H]2O[C@H](CO)[C@H](O[C@@H]3O[C@H](CO)[C@H](O)[C@H](O)[C@H]3O)[C@H](O)[C@H]2O)[C@@H]1O. The molecular weight excluding hydrogens is 1320 g/mol. The van der Waals surface area contributed by atoms with E-state index >= 15 is 0 Å². The van der Waals surface area contributed by atoms with Crippen LogP contribution in [0.4, 0.5) is 0 Å². The summed E-state index contributed by atoms with van der Waals surface area (Å²) in [6.07, 6.45) is -65.3. The fourth-order valence-corrected chi connectivity index (χ4v) is 12.2. The maximum absolute atomic E-state index is 13.3. The lowest BCUT2D eigenvalue weighted by Gasteiger charge is -2.51. The van der Waals surface area contributed by atoms with Crippen LogP contribution in [0.1, 0.15) is 34.1 Å². The van der Waals surface area contributed by atoms with Crippen LogP contribution in [0.25, 0.3) is 0 Å². The zero-order chi connectivity index (χ0) is 71.3. The van der Waals surface area contributed by atoms with Crippen molar-refractivity contribution in [1.82, 2.24) is 21.3 Å². The van der Waals surface area contributed by atoms with E-state index in [4.69, 9.17) is 61.6 Å². The number of carbonyl (C=O) groups is 5. The van der Waals surface area contributed by atoms with Crippen LogP contribution in [0.15, 0.2) is 0 Å². The van der Waals surface area contributed by atoms with Gasteiger partial charge in [-0.15, -0.1) is 0 Å². The van der Waals surface area contributed by atoms with E-state index in [0.29, 0.717) is 0 Å². The van der Waals surface area contributed by atoms with Crippen molar-refractivity contribution in [1.29, 1.82) is 0 Å². The first-order valence-electron chi connectivity index (χ1n) is 30.2. The van der Waals surface area contributed by atoms with Gasteiger partial charge in [0, 0.05) is 34.1 Å². The van der Waals surface area contributed by atoms with E-state index in [2.05, 4.69) is 21.3 Å². The van der Waals surface area contributed by atoms with Crippen LogP contribution in [-0.2, 0) is 85.6 Å². The van der Waals surface area contributed by atoms with Crippen molar-refractivity contribution in [2.75, 3.05) is 46.2 Å². The Balaban J connectivity index is 1.20. The lowest BCUT2D eigenvalue weighted by molar-refractivity contribution is -0.386. The molecule has 0 aromatic heterocycles. The maximum Gasteiger partial charge on any atom is 0.364 e. The van der Waals surface area contributed by atoms with Crippen LogP contribution in [0.5, 0.6) is 0 Å². The predicted molar refractivity (Wildman–Crippen MR) is 295 cm³/mol. The molecule has 43 nitrogen and oxygen atoms in total. The molecule has 7 rings (SSSR count). The molecule has 0 aromatic carbocycles. The minimum absolute atomic E-state index is 0.864. The molecule has 25 N–H and O–H groups in total. The number of aliphatic carboxylic acids is 1. The molecule has 7 heterocycles. The van der Waals surface area contributed by atoms with Crippen LogP contribution < -0.4 is 21.3 Å². The van der Waals surface area contributed by atoms with E-state index in [-0.39, 0.29) is 0 Å². The standard InChI is InChI=1S/C53H88N4O39/c1-13(64)54-25-17(68)5-53(52(82)83,95-44(25)29(70)18(69)6-58)96-45-32(73)21(9-61)87-51(39(45)80)94-43-28(57-16(4)67)48(93-42-27(56-15(3)66)46(81)85-20(8-60)31(42)72)90-24(33(43)74)12-84-47-26(55-14(2)65)34(75)40(22(10-62)88-47)91-50-38(79)36(77)41(23(11-63)89-50)92-49-37(78)35(76)30(71)19(7-59)86-49/h17-51,58-63,68-81H,5-12H2,1-4H3,(H,54,64)(H,55,65)(H,56,66)(H,57,67)(H,82,83)/t17-,18+,19+,20+,21+,22+,23+,24+,25+,26+,27+,28+,29+,30-,31-,32-,33-,34+,35-,36+,37+,38+,39+,40+,41-,42+,43+,44+,45-,46?,47+,48+,49-,50-,51-,53-/m0/s1. The third kappa shape index (κ3) is 17.5. The van der Waals surface area contributed by atoms with E-state index in [9.17, 15) is 131 Å². The molecule has 0 aliphatic carbocycles. The first kappa shape index (κ1) is 79.4. The summed E-state index contributed by atoms with van der Waals surface area (Å²) in [6, 6.07) is -7.37. The number of carbonyl (C=O) groups excluding carboxylic acids is 4. The molecule has 7 aliphatic rings. The van der Waals surface area contributed by atoms with Gasteiger partial charge >= 0.3 is 5.97 Å². The summed E-state index contributed by atoms with van der Waals surface area (Å²) >= 11 is 0. The number of ether oxygens (including phenoxy) is 13. The van der Waals surface area contributed by atoms with Gasteiger partial charge in [-0.3, -0.25) is 19.2 Å². The van der Waals surface area contributed by atoms with Crippen molar-refractivity contribution in [3.05, 3.63) is 0 Å². The molecule has 4 amide bonds. The lowest BCUT2D eigenvalue weighted by Crippen LogP contribution is -2.72. The molecule has 0 aromatic rings. The Kier molecular flexibility index (Phi) is 28.2. The molecule has 0 radical (unpaired) electrons. The number of hydrogen-bond acceptors (Lipinski definition) is 38. The van der Waals surface area contributed by atoms with Crippen LogP contribution in [0.2, 0.25) is 0 Å². The number of carboxylic acids is 1. The lowest BCUT2D eigenvalue weighted by atomic mass is 9.88. The van der Waals surface area contributed by atoms with E-state index in [1.54, 1.807) is 0 Å². The van der Waals surface area contributed by atoms with Gasteiger partial charge in [-0.2, -0.15) is 0 Å². The maximum atomic E-state index is 13.3. The Labute approximate surface area is 543 Å². The summed E-state index contributed by atoms with van der Waals surface area (Å²) in [5.74, 6) is -9.10. The molecular formula is C53H88N4O39. The first-order chi connectivity index (χ1) is 45.2. The van der Waals surface area contributed by atoms with Crippen LogP contribution in [0, 0.1) is 0 Å². The molecule has 0 spiro atoms. The third-order valence-electron chi connectivity index (χ3n) is 17.1. The number of amides is 4. The topological polar surface area (TPSA) is 678 Å². The summed E-state index contributed by atoms with van der Waals surface area (Å²) < 4.78 is 75.6. The zero-order valence-electron chi connectivity index (χ0n) is 51.6.